The van der Waals surface area contributed by atoms with Crippen molar-refractivity contribution in [3.8, 4) is 0 Å². The molecule has 0 saturated carbocycles. The standard InChI is InChI=1S/C14H20F2N2.ClH/c1-9-8-18(6-5-14(9)17)10(2)12-4-3-11(15)7-13(12)16;/h3-4,7,9-10,14H,5-6,8,17H2,1-2H3;1H. The molecule has 2 rings (SSSR count). The van der Waals surface area contributed by atoms with Crippen molar-refractivity contribution < 1.29 is 8.78 Å². The lowest BCUT2D eigenvalue weighted by Crippen LogP contribution is -2.46. The van der Waals surface area contributed by atoms with Gasteiger partial charge >= 0.3 is 0 Å². The molecule has 0 radical (unpaired) electrons. The Kier molecular flexibility index (Phi) is 5.71. The molecule has 2 N–H and O–H groups in total. The predicted molar refractivity (Wildman–Crippen MR) is 75.4 cm³/mol. The highest BCUT2D eigenvalue weighted by atomic mass is 35.5. The molecule has 1 aromatic rings. The molecule has 2 nitrogen and oxygen atoms in total. The summed E-state index contributed by atoms with van der Waals surface area (Å²) in [5.41, 5.74) is 6.53. The van der Waals surface area contributed by atoms with Crippen LogP contribution in [0.5, 0.6) is 0 Å². The summed E-state index contributed by atoms with van der Waals surface area (Å²) in [6.45, 7) is 5.80. The van der Waals surface area contributed by atoms with E-state index in [1.807, 2.05) is 6.92 Å². The van der Waals surface area contributed by atoms with Crippen molar-refractivity contribution in [3.05, 3.63) is 35.4 Å². The van der Waals surface area contributed by atoms with E-state index >= 15 is 0 Å². The number of halogens is 3. The van der Waals surface area contributed by atoms with Crippen LogP contribution in [0.4, 0.5) is 8.78 Å². The molecule has 1 aliphatic heterocycles. The van der Waals surface area contributed by atoms with E-state index in [1.54, 1.807) is 0 Å². The van der Waals surface area contributed by atoms with E-state index in [4.69, 9.17) is 5.73 Å². The van der Waals surface area contributed by atoms with E-state index in [9.17, 15) is 8.78 Å². The maximum Gasteiger partial charge on any atom is 0.130 e. The normalized spacial score (nSPS) is 25.7. The molecular formula is C14H21ClF2N2. The van der Waals surface area contributed by atoms with Crippen LogP contribution < -0.4 is 5.73 Å². The fourth-order valence-electron chi connectivity index (χ4n) is 2.58. The largest absolute Gasteiger partial charge is 0.327 e. The van der Waals surface area contributed by atoms with Gasteiger partial charge in [0.1, 0.15) is 11.6 Å². The minimum Gasteiger partial charge on any atom is -0.327 e. The van der Waals surface area contributed by atoms with Crippen LogP contribution in [0.3, 0.4) is 0 Å². The summed E-state index contributed by atoms with van der Waals surface area (Å²) in [6, 6.07) is 3.99. The first-order chi connectivity index (χ1) is 8.49. The predicted octanol–water partition coefficient (Wildman–Crippen LogP) is 3.12. The summed E-state index contributed by atoms with van der Waals surface area (Å²) in [6.07, 6.45) is 0.925. The highest BCUT2D eigenvalue weighted by Gasteiger charge is 2.27. The van der Waals surface area contributed by atoms with Gasteiger partial charge in [-0.2, -0.15) is 0 Å². The molecule has 19 heavy (non-hydrogen) atoms. The van der Waals surface area contributed by atoms with Crippen LogP contribution >= 0.6 is 12.4 Å². The molecule has 0 aromatic heterocycles. The van der Waals surface area contributed by atoms with Crippen molar-refractivity contribution in [2.45, 2.75) is 32.4 Å². The van der Waals surface area contributed by atoms with E-state index in [2.05, 4.69) is 11.8 Å². The molecule has 1 saturated heterocycles. The Morgan fingerprint density at radius 2 is 2.05 bits per heavy atom. The lowest BCUT2D eigenvalue weighted by atomic mass is 9.92. The molecule has 3 unspecified atom stereocenters. The zero-order valence-corrected chi connectivity index (χ0v) is 12.1. The number of likely N-dealkylation sites (tertiary alicyclic amines) is 1. The Labute approximate surface area is 119 Å². The molecule has 1 heterocycles. The summed E-state index contributed by atoms with van der Waals surface area (Å²) in [7, 11) is 0. The van der Waals surface area contributed by atoms with E-state index in [0.29, 0.717) is 11.5 Å². The molecule has 0 amide bonds. The second-order valence-corrected chi connectivity index (χ2v) is 5.27. The maximum atomic E-state index is 13.7. The summed E-state index contributed by atoms with van der Waals surface area (Å²) in [5, 5.41) is 0. The van der Waals surface area contributed by atoms with Gasteiger partial charge < -0.3 is 5.73 Å². The molecule has 108 valence electrons. The second-order valence-electron chi connectivity index (χ2n) is 5.27. The molecule has 0 spiro atoms. The van der Waals surface area contributed by atoms with Crippen LogP contribution in [-0.4, -0.2) is 24.0 Å². The molecule has 0 bridgehead atoms. The molecule has 1 fully saturated rings. The highest BCUT2D eigenvalue weighted by molar-refractivity contribution is 5.85. The van der Waals surface area contributed by atoms with Gasteiger partial charge in [-0.25, -0.2) is 8.78 Å². The number of piperidine rings is 1. The summed E-state index contributed by atoms with van der Waals surface area (Å²) in [5.74, 6) is -0.591. The Morgan fingerprint density at radius 3 is 2.63 bits per heavy atom. The van der Waals surface area contributed by atoms with Crippen molar-refractivity contribution in [1.29, 1.82) is 0 Å². The van der Waals surface area contributed by atoms with E-state index in [0.717, 1.165) is 25.6 Å². The van der Waals surface area contributed by atoms with Crippen molar-refractivity contribution in [1.82, 2.24) is 4.90 Å². The average Bonchev–Trinajstić information content (AvgIpc) is 2.32. The van der Waals surface area contributed by atoms with Gasteiger partial charge in [0, 0.05) is 36.8 Å². The van der Waals surface area contributed by atoms with Gasteiger partial charge in [-0.05, 0) is 25.3 Å². The summed E-state index contributed by atoms with van der Waals surface area (Å²) in [4.78, 5) is 2.21. The van der Waals surface area contributed by atoms with Crippen LogP contribution in [0.25, 0.3) is 0 Å². The van der Waals surface area contributed by atoms with Gasteiger partial charge in [0.15, 0.2) is 0 Å². The number of hydrogen-bond donors (Lipinski definition) is 1. The monoisotopic (exact) mass is 290 g/mol. The third-order valence-corrected chi connectivity index (χ3v) is 3.96. The Hall–Kier alpha value is -0.710. The number of benzene rings is 1. The van der Waals surface area contributed by atoms with Crippen molar-refractivity contribution in [3.63, 3.8) is 0 Å². The second kappa shape index (κ2) is 6.64. The molecule has 1 aromatic carbocycles. The third-order valence-electron chi connectivity index (χ3n) is 3.96. The quantitative estimate of drug-likeness (QED) is 0.907. The fraction of sp³-hybridized carbons (Fsp3) is 0.571. The molecular weight excluding hydrogens is 270 g/mol. The topological polar surface area (TPSA) is 29.3 Å². The maximum absolute atomic E-state index is 13.7. The summed E-state index contributed by atoms with van der Waals surface area (Å²) < 4.78 is 26.6. The number of nitrogens with two attached hydrogens (primary N) is 1. The third kappa shape index (κ3) is 3.65. The van der Waals surface area contributed by atoms with Gasteiger partial charge in [0.05, 0.1) is 0 Å². The van der Waals surface area contributed by atoms with E-state index < -0.39 is 11.6 Å². The van der Waals surface area contributed by atoms with Crippen LogP contribution in [0, 0.1) is 17.6 Å². The minimum atomic E-state index is -0.530. The minimum absolute atomic E-state index is 0. The SMILES string of the molecule is CC1CN(C(C)c2ccc(F)cc2F)CCC1N.Cl. The summed E-state index contributed by atoms with van der Waals surface area (Å²) >= 11 is 0. The smallest absolute Gasteiger partial charge is 0.130 e. The van der Waals surface area contributed by atoms with E-state index in [1.165, 1.54) is 12.1 Å². The molecule has 5 heteroatoms. The molecule has 1 aliphatic rings. The Bertz CT molecular complexity index is 428. The lowest BCUT2D eigenvalue weighted by molar-refractivity contribution is 0.122. The van der Waals surface area contributed by atoms with Crippen molar-refractivity contribution >= 4 is 12.4 Å². The first-order valence-corrected chi connectivity index (χ1v) is 6.43. The highest BCUT2D eigenvalue weighted by Crippen LogP contribution is 2.27. The molecule has 3 atom stereocenters. The van der Waals surface area contributed by atoms with Crippen LogP contribution in [0.15, 0.2) is 18.2 Å². The van der Waals surface area contributed by atoms with Crippen LogP contribution in [0.1, 0.15) is 31.9 Å². The fourth-order valence-corrected chi connectivity index (χ4v) is 2.58. The molecule has 0 aliphatic carbocycles. The Balaban J connectivity index is 0.00000180. The van der Waals surface area contributed by atoms with Gasteiger partial charge in [-0.15, -0.1) is 12.4 Å². The van der Waals surface area contributed by atoms with Crippen molar-refractivity contribution in [2.24, 2.45) is 11.7 Å². The van der Waals surface area contributed by atoms with Gasteiger partial charge in [-0.1, -0.05) is 13.0 Å². The van der Waals surface area contributed by atoms with Gasteiger partial charge in [0.2, 0.25) is 0 Å². The van der Waals surface area contributed by atoms with Crippen molar-refractivity contribution in [2.75, 3.05) is 13.1 Å². The van der Waals surface area contributed by atoms with Gasteiger partial charge in [-0.3, -0.25) is 4.90 Å². The van der Waals surface area contributed by atoms with Crippen LogP contribution in [0.2, 0.25) is 0 Å². The number of nitrogens with zero attached hydrogens (tertiary/aromatic N) is 1. The Morgan fingerprint density at radius 1 is 1.37 bits per heavy atom. The zero-order chi connectivity index (χ0) is 13.3. The number of rotatable bonds is 2. The van der Waals surface area contributed by atoms with Gasteiger partial charge in [0.25, 0.3) is 0 Å². The first kappa shape index (κ1) is 16.3. The number of hydrogen-bond acceptors (Lipinski definition) is 2. The van der Waals surface area contributed by atoms with E-state index in [-0.39, 0.29) is 24.5 Å². The first-order valence-electron chi connectivity index (χ1n) is 6.43. The van der Waals surface area contributed by atoms with Crippen LogP contribution in [-0.2, 0) is 0 Å². The lowest BCUT2D eigenvalue weighted by Gasteiger charge is -2.38. The average molecular weight is 291 g/mol. The zero-order valence-electron chi connectivity index (χ0n) is 11.3.